The van der Waals surface area contributed by atoms with Crippen molar-refractivity contribution in [3.05, 3.63) is 76.5 Å². The molecule has 1 aromatic heterocycles. The topological polar surface area (TPSA) is 95.0 Å². The van der Waals surface area contributed by atoms with E-state index in [2.05, 4.69) is 16.3 Å². The first-order valence-electron chi connectivity index (χ1n) is 16.5. The van der Waals surface area contributed by atoms with Crippen molar-refractivity contribution in [2.75, 3.05) is 25.0 Å². The fraction of sp³-hybridized carbons (Fsp3) is 0.528. The van der Waals surface area contributed by atoms with Gasteiger partial charge in [-0.1, -0.05) is 36.4 Å². The predicted molar refractivity (Wildman–Crippen MR) is 172 cm³/mol. The summed E-state index contributed by atoms with van der Waals surface area (Å²) in [5.74, 6) is 0.450. The van der Waals surface area contributed by atoms with Crippen molar-refractivity contribution in [3.8, 4) is 11.9 Å². The number of hydrogen-bond acceptors (Lipinski definition) is 8. The molecule has 2 aromatic carbocycles. The number of ether oxygens (including phenoxy) is 4. The van der Waals surface area contributed by atoms with Gasteiger partial charge in [0, 0.05) is 25.1 Å². The smallest absolute Gasteiger partial charge is 1.00 e. The third-order valence-corrected chi connectivity index (χ3v) is 9.70. The number of halogens is 1. The molecule has 1 aliphatic carbocycles. The first kappa shape index (κ1) is 34.1. The van der Waals surface area contributed by atoms with Crippen LogP contribution in [0.3, 0.4) is 0 Å². The fourth-order valence-electron chi connectivity index (χ4n) is 7.62. The standard InChI is InChI=1S/C36H43FN4O5.Na.H/c1-34(2,3)46-33(42)38-27-13-12-25-11-7-15-36(29(25)17-27)19-30-28(22-45-36)31(43-21-24-9-5-4-6-10-24)40-32(39-30)44-23-35-14-8-16-41(35)20-26(37)18-35;;/h4-6,9-10,12-13,17,26H,7-8,11,14-16,18-23H2,1-3H3,(H,38,42);;/q;+1;-1/t26-,35+,36+;;/m1../s1. The van der Waals surface area contributed by atoms with Crippen LogP contribution in [0.25, 0.3) is 0 Å². The average molecular weight is 655 g/mol. The molecule has 4 heterocycles. The molecule has 1 spiro atoms. The number of carbonyl (C=O) groups is 1. The van der Waals surface area contributed by atoms with Crippen molar-refractivity contribution in [1.29, 1.82) is 0 Å². The van der Waals surface area contributed by atoms with E-state index in [9.17, 15) is 9.18 Å². The number of fused-ring (bicyclic) bond motifs is 4. The van der Waals surface area contributed by atoms with Gasteiger partial charge in [0.15, 0.2) is 0 Å². The molecule has 0 unspecified atom stereocenters. The first-order valence-corrected chi connectivity index (χ1v) is 16.5. The maximum absolute atomic E-state index is 14.5. The minimum Gasteiger partial charge on any atom is -1.00 e. The monoisotopic (exact) mass is 654 g/mol. The summed E-state index contributed by atoms with van der Waals surface area (Å²) in [6.07, 6.45) is 4.30. The van der Waals surface area contributed by atoms with Gasteiger partial charge in [-0.25, -0.2) is 9.18 Å². The number of amides is 1. The second-order valence-electron chi connectivity index (χ2n) is 14.2. The van der Waals surface area contributed by atoms with Gasteiger partial charge in [-0.15, -0.1) is 0 Å². The normalized spacial score (nSPS) is 24.9. The maximum atomic E-state index is 14.5. The number of nitrogens with zero attached hydrogens (tertiary/aromatic N) is 3. The van der Waals surface area contributed by atoms with Crippen LogP contribution in [0.5, 0.6) is 11.9 Å². The van der Waals surface area contributed by atoms with Crippen LogP contribution in [-0.2, 0) is 41.1 Å². The van der Waals surface area contributed by atoms with Gasteiger partial charge in [-0.05, 0) is 88.2 Å². The average Bonchev–Trinajstić information content (AvgIpc) is 3.54. The van der Waals surface area contributed by atoms with Crippen LogP contribution in [0.15, 0.2) is 48.5 Å². The van der Waals surface area contributed by atoms with Gasteiger partial charge in [0.05, 0.1) is 29.0 Å². The molecule has 246 valence electrons. The van der Waals surface area contributed by atoms with E-state index in [1.54, 1.807) is 0 Å². The predicted octanol–water partition coefficient (Wildman–Crippen LogP) is 3.78. The number of anilines is 1. The fourth-order valence-corrected chi connectivity index (χ4v) is 7.62. The Labute approximate surface area is 299 Å². The van der Waals surface area contributed by atoms with Crippen LogP contribution >= 0.6 is 0 Å². The summed E-state index contributed by atoms with van der Waals surface area (Å²) in [4.78, 5) is 24.5. The summed E-state index contributed by atoms with van der Waals surface area (Å²) >= 11 is 0. The van der Waals surface area contributed by atoms with Gasteiger partial charge < -0.3 is 20.4 Å². The van der Waals surface area contributed by atoms with Crippen molar-refractivity contribution < 1.29 is 59.1 Å². The third kappa shape index (κ3) is 7.32. The number of hydrogen-bond donors (Lipinski definition) is 1. The Morgan fingerprint density at radius 2 is 1.96 bits per heavy atom. The van der Waals surface area contributed by atoms with Gasteiger partial charge in [0.1, 0.15) is 25.0 Å². The molecule has 0 saturated carbocycles. The van der Waals surface area contributed by atoms with Crippen molar-refractivity contribution in [1.82, 2.24) is 14.9 Å². The Kier molecular flexibility index (Phi) is 9.89. The number of aromatic nitrogens is 2. The van der Waals surface area contributed by atoms with Crippen molar-refractivity contribution in [3.63, 3.8) is 0 Å². The zero-order valence-corrected chi connectivity index (χ0v) is 29.9. The van der Waals surface area contributed by atoms with Gasteiger partial charge in [0.2, 0.25) is 5.88 Å². The van der Waals surface area contributed by atoms with Crippen molar-refractivity contribution in [2.45, 2.75) is 102 Å². The summed E-state index contributed by atoms with van der Waals surface area (Å²) in [6, 6.07) is 16.2. The molecule has 47 heavy (non-hydrogen) atoms. The van der Waals surface area contributed by atoms with Crippen LogP contribution in [0, 0.1) is 0 Å². The number of aryl methyl sites for hydroxylation is 1. The van der Waals surface area contributed by atoms with Crippen LogP contribution in [0.4, 0.5) is 14.9 Å². The zero-order valence-electron chi connectivity index (χ0n) is 28.9. The van der Waals surface area contributed by atoms with E-state index in [0.29, 0.717) is 44.2 Å². The molecule has 7 rings (SSSR count). The molecular formula is C36H44FN4NaO5. The van der Waals surface area contributed by atoms with Crippen molar-refractivity contribution >= 4 is 11.8 Å². The molecule has 0 radical (unpaired) electrons. The van der Waals surface area contributed by atoms with E-state index < -0.39 is 23.5 Å². The van der Waals surface area contributed by atoms with Crippen LogP contribution in [0.1, 0.15) is 82.2 Å². The van der Waals surface area contributed by atoms with Gasteiger partial charge in [-0.3, -0.25) is 10.2 Å². The van der Waals surface area contributed by atoms with E-state index in [0.717, 1.165) is 61.0 Å². The molecule has 9 nitrogen and oxygen atoms in total. The molecule has 3 aromatic rings. The molecule has 11 heteroatoms. The molecular weight excluding hydrogens is 610 g/mol. The van der Waals surface area contributed by atoms with Crippen LogP contribution < -0.4 is 44.3 Å². The Morgan fingerprint density at radius 3 is 2.77 bits per heavy atom. The minimum atomic E-state index is -0.837. The summed E-state index contributed by atoms with van der Waals surface area (Å²) in [5.41, 5.74) is 4.03. The molecule has 3 aliphatic heterocycles. The number of carbonyl (C=O) groups excluding carboxylic acids is 1. The number of rotatable bonds is 7. The Bertz CT molecular complexity index is 1610. The summed E-state index contributed by atoms with van der Waals surface area (Å²) in [7, 11) is 0. The van der Waals surface area contributed by atoms with Crippen LogP contribution in [-0.4, -0.2) is 58.0 Å². The Hall–Kier alpha value is -2.76. The second kappa shape index (κ2) is 13.6. The summed E-state index contributed by atoms with van der Waals surface area (Å²) in [5, 5.41) is 2.89. The van der Waals surface area contributed by atoms with Gasteiger partial charge in [0.25, 0.3) is 0 Å². The molecule has 1 N–H and O–H groups in total. The van der Waals surface area contributed by atoms with E-state index in [1.165, 1.54) is 5.56 Å². The summed E-state index contributed by atoms with van der Waals surface area (Å²) in [6.45, 7) is 7.85. The van der Waals surface area contributed by atoms with E-state index in [-0.39, 0.29) is 49.1 Å². The first-order chi connectivity index (χ1) is 22.1. The maximum Gasteiger partial charge on any atom is 1.00 e. The Balaban J connectivity index is 0.00000225. The molecule has 4 aliphatic rings. The quantitative estimate of drug-likeness (QED) is 0.385. The largest absolute Gasteiger partial charge is 1.00 e. The second-order valence-corrected chi connectivity index (χ2v) is 14.2. The number of benzene rings is 2. The number of nitrogens with one attached hydrogen (secondary N) is 1. The molecule has 0 bridgehead atoms. The zero-order chi connectivity index (χ0) is 31.9. The van der Waals surface area contributed by atoms with E-state index >= 15 is 0 Å². The molecule has 2 saturated heterocycles. The number of alkyl halides is 1. The van der Waals surface area contributed by atoms with E-state index in [1.807, 2.05) is 63.2 Å². The Morgan fingerprint density at radius 1 is 1.13 bits per heavy atom. The van der Waals surface area contributed by atoms with Gasteiger partial charge in [-0.2, -0.15) is 9.97 Å². The van der Waals surface area contributed by atoms with Crippen molar-refractivity contribution in [2.24, 2.45) is 0 Å². The minimum absolute atomic E-state index is 0. The van der Waals surface area contributed by atoms with E-state index in [4.69, 9.17) is 28.9 Å². The van der Waals surface area contributed by atoms with Gasteiger partial charge >= 0.3 is 41.7 Å². The summed E-state index contributed by atoms with van der Waals surface area (Å²) < 4.78 is 39.4. The molecule has 2 fully saturated rings. The molecule has 3 atom stereocenters. The van der Waals surface area contributed by atoms with Crippen LogP contribution in [0.2, 0.25) is 0 Å². The molecule has 1 amide bonds. The third-order valence-electron chi connectivity index (χ3n) is 9.70. The SMILES string of the molecule is CC(C)(C)OC(=O)Nc1ccc2c(c1)[C@]1(CCC2)Cc2nc(OC[C@@]34CCCN3C[C@H](F)C4)nc(OCc3ccccc3)c2CO1.[H-].[Na+].